The first-order valence-electron chi connectivity index (χ1n) is 28.7. The number of allylic oxidation sites excluding steroid dienone is 5. The van der Waals surface area contributed by atoms with Crippen molar-refractivity contribution in [1.29, 1.82) is 0 Å². The molecule has 4 heteroatoms. The molecule has 0 fully saturated rings. The van der Waals surface area contributed by atoms with Gasteiger partial charge in [0.05, 0.1) is 18.8 Å². The summed E-state index contributed by atoms with van der Waals surface area (Å²) >= 11 is 0. The Hall–Kier alpha value is -1.39. The van der Waals surface area contributed by atoms with Crippen LogP contribution in [0.5, 0.6) is 0 Å². The fraction of sp³-hybridized carbons (Fsp3) is 0.881. The number of aliphatic hydroxyl groups excluding tert-OH is 2. The number of hydrogen-bond acceptors (Lipinski definition) is 3. The first-order chi connectivity index (χ1) is 31.2. The molecule has 0 aliphatic carbocycles. The van der Waals surface area contributed by atoms with Crippen molar-refractivity contribution >= 4 is 5.91 Å². The third-order valence-corrected chi connectivity index (χ3v) is 13.4. The number of carbonyl (C=O) groups is 1. The lowest BCUT2D eigenvalue weighted by Crippen LogP contribution is -2.45. The van der Waals surface area contributed by atoms with E-state index in [1.54, 1.807) is 6.08 Å². The first kappa shape index (κ1) is 61.6. The Morgan fingerprint density at radius 2 is 0.619 bits per heavy atom. The average molecular weight is 885 g/mol. The second kappa shape index (κ2) is 54.9. The van der Waals surface area contributed by atoms with Gasteiger partial charge in [-0.25, -0.2) is 0 Å². The predicted molar refractivity (Wildman–Crippen MR) is 281 cm³/mol. The van der Waals surface area contributed by atoms with Gasteiger partial charge in [0, 0.05) is 6.42 Å². The number of carbonyl (C=O) groups excluding carboxylic acids is 1. The van der Waals surface area contributed by atoms with Gasteiger partial charge in [-0.3, -0.25) is 4.79 Å². The number of amides is 1. The van der Waals surface area contributed by atoms with E-state index in [0.717, 1.165) is 38.5 Å². The Morgan fingerprint density at radius 3 is 0.921 bits per heavy atom. The molecular formula is C59H113NO3. The van der Waals surface area contributed by atoms with Gasteiger partial charge in [-0.05, 0) is 44.9 Å². The van der Waals surface area contributed by atoms with Crippen molar-refractivity contribution in [3.05, 3.63) is 36.5 Å². The van der Waals surface area contributed by atoms with Crippen LogP contribution in [-0.2, 0) is 4.79 Å². The van der Waals surface area contributed by atoms with Gasteiger partial charge in [0.2, 0.25) is 5.91 Å². The zero-order chi connectivity index (χ0) is 45.6. The minimum Gasteiger partial charge on any atom is -0.394 e. The van der Waals surface area contributed by atoms with Crippen LogP contribution in [0.2, 0.25) is 0 Å². The third kappa shape index (κ3) is 51.5. The van der Waals surface area contributed by atoms with Crippen molar-refractivity contribution in [2.24, 2.45) is 0 Å². The van der Waals surface area contributed by atoms with Gasteiger partial charge in [-0.1, -0.05) is 301 Å². The fourth-order valence-corrected chi connectivity index (χ4v) is 8.98. The number of aliphatic hydroxyl groups is 2. The van der Waals surface area contributed by atoms with E-state index < -0.39 is 12.1 Å². The minimum atomic E-state index is -0.869. The lowest BCUT2D eigenvalue weighted by atomic mass is 10.0. The first-order valence-corrected chi connectivity index (χ1v) is 28.7. The topological polar surface area (TPSA) is 69.6 Å². The van der Waals surface area contributed by atoms with Crippen molar-refractivity contribution in [3.8, 4) is 0 Å². The van der Waals surface area contributed by atoms with E-state index in [1.807, 2.05) is 6.08 Å². The van der Waals surface area contributed by atoms with Crippen LogP contribution >= 0.6 is 0 Å². The summed E-state index contributed by atoms with van der Waals surface area (Å²) in [4.78, 5) is 12.5. The maximum absolute atomic E-state index is 12.5. The molecule has 372 valence electrons. The normalized spacial score (nSPS) is 13.0. The Labute approximate surface area is 395 Å². The lowest BCUT2D eigenvalue weighted by Gasteiger charge is -2.19. The van der Waals surface area contributed by atoms with Crippen molar-refractivity contribution < 1.29 is 15.0 Å². The predicted octanol–water partition coefficient (Wildman–Crippen LogP) is 18.9. The van der Waals surface area contributed by atoms with Crippen LogP contribution < -0.4 is 5.32 Å². The standard InChI is InChI=1S/C59H113NO3/c1-3-5-7-9-11-13-15-17-19-21-23-25-26-27-28-29-30-31-32-33-35-36-38-40-42-44-46-48-50-52-54-58(62)57(56-61)60-59(63)55-53-51-49-47-45-43-41-39-37-34-24-22-20-18-16-14-12-10-8-6-4-2/h36,38,44,46,52,54,57-58,61-62H,3-35,37,39-43,45,47-51,53,55-56H2,1-2H3,(H,60,63)/b38-36+,46-44+,54-52+. The number of rotatable bonds is 53. The molecule has 0 spiro atoms. The fourth-order valence-electron chi connectivity index (χ4n) is 8.98. The summed E-state index contributed by atoms with van der Waals surface area (Å²) in [7, 11) is 0. The molecule has 0 saturated carbocycles. The van der Waals surface area contributed by atoms with Crippen molar-refractivity contribution in [1.82, 2.24) is 5.32 Å². The van der Waals surface area contributed by atoms with Gasteiger partial charge >= 0.3 is 0 Å². The second-order valence-corrected chi connectivity index (χ2v) is 19.7. The van der Waals surface area contributed by atoms with Crippen molar-refractivity contribution in [2.75, 3.05) is 6.61 Å². The Balaban J connectivity index is 3.52. The van der Waals surface area contributed by atoms with E-state index in [4.69, 9.17) is 0 Å². The van der Waals surface area contributed by atoms with Crippen LogP contribution in [0.15, 0.2) is 36.5 Å². The average Bonchev–Trinajstić information content (AvgIpc) is 3.29. The zero-order valence-electron chi connectivity index (χ0n) is 42.9. The summed E-state index contributed by atoms with van der Waals surface area (Å²) in [6.07, 6.45) is 74.6. The molecule has 63 heavy (non-hydrogen) atoms. The molecule has 0 radical (unpaired) electrons. The molecule has 0 aliphatic rings. The molecule has 0 aromatic heterocycles. The van der Waals surface area contributed by atoms with Crippen LogP contribution in [-0.4, -0.2) is 34.9 Å². The molecule has 0 aliphatic heterocycles. The zero-order valence-corrected chi connectivity index (χ0v) is 42.9. The van der Waals surface area contributed by atoms with Crippen LogP contribution in [0.3, 0.4) is 0 Å². The lowest BCUT2D eigenvalue weighted by molar-refractivity contribution is -0.123. The van der Waals surface area contributed by atoms with Gasteiger partial charge in [0.25, 0.3) is 0 Å². The number of nitrogens with one attached hydrogen (secondary N) is 1. The van der Waals surface area contributed by atoms with E-state index >= 15 is 0 Å². The largest absolute Gasteiger partial charge is 0.394 e. The van der Waals surface area contributed by atoms with Gasteiger partial charge in [0.1, 0.15) is 0 Å². The van der Waals surface area contributed by atoms with E-state index in [9.17, 15) is 15.0 Å². The minimum absolute atomic E-state index is 0.0722. The van der Waals surface area contributed by atoms with E-state index in [1.165, 1.54) is 257 Å². The molecule has 3 N–H and O–H groups in total. The highest BCUT2D eigenvalue weighted by Gasteiger charge is 2.18. The van der Waals surface area contributed by atoms with E-state index in [2.05, 4.69) is 43.5 Å². The Bertz CT molecular complexity index is 958. The van der Waals surface area contributed by atoms with Crippen LogP contribution in [0, 0.1) is 0 Å². The van der Waals surface area contributed by atoms with Crippen LogP contribution in [0.25, 0.3) is 0 Å². The maximum Gasteiger partial charge on any atom is 0.220 e. The van der Waals surface area contributed by atoms with E-state index in [-0.39, 0.29) is 12.5 Å². The third-order valence-electron chi connectivity index (χ3n) is 13.4. The number of unbranched alkanes of at least 4 members (excludes halogenated alkanes) is 42. The summed E-state index contributed by atoms with van der Waals surface area (Å²) in [6.45, 7) is 4.33. The maximum atomic E-state index is 12.5. The Morgan fingerprint density at radius 1 is 0.365 bits per heavy atom. The smallest absolute Gasteiger partial charge is 0.220 e. The van der Waals surface area contributed by atoms with Crippen LogP contribution in [0.4, 0.5) is 0 Å². The molecule has 1 amide bonds. The highest BCUT2D eigenvalue weighted by atomic mass is 16.3. The van der Waals surface area contributed by atoms with Gasteiger partial charge in [-0.2, -0.15) is 0 Å². The molecular weight excluding hydrogens is 771 g/mol. The van der Waals surface area contributed by atoms with Crippen molar-refractivity contribution in [2.45, 2.75) is 328 Å². The molecule has 0 aromatic carbocycles. The summed E-state index contributed by atoms with van der Waals surface area (Å²) in [5.41, 5.74) is 0. The molecule has 0 aromatic rings. The Kier molecular flexibility index (Phi) is 53.7. The van der Waals surface area contributed by atoms with Gasteiger partial charge < -0.3 is 15.5 Å². The summed E-state index contributed by atoms with van der Waals surface area (Å²) in [6, 6.07) is -0.644. The molecule has 0 rings (SSSR count). The van der Waals surface area contributed by atoms with E-state index in [0.29, 0.717) is 6.42 Å². The molecule has 4 nitrogen and oxygen atoms in total. The summed E-state index contributed by atoms with van der Waals surface area (Å²) in [5, 5.41) is 23.1. The monoisotopic (exact) mass is 884 g/mol. The summed E-state index contributed by atoms with van der Waals surface area (Å²) < 4.78 is 0. The highest BCUT2D eigenvalue weighted by Crippen LogP contribution is 2.17. The SMILES string of the molecule is CCCCCCCCCCCCCCCCCCCCCC/C=C/CC/C=C/CC/C=C/C(O)C(CO)NC(=O)CCCCCCCCCCCCCCCCCCCCCCC. The molecule has 0 saturated heterocycles. The van der Waals surface area contributed by atoms with Gasteiger partial charge in [0.15, 0.2) is 0 Å². The highest BCUT2D eigenvalue weighted by molar-refractivity contribution is 5.76. The molecule has 0 heterocycles. The number of hydrogen-bond donors (Lipinski definition) is 3. The second-order valence-electron chi connectivity index (χ2n) is 19.7. The quantitative estimate of drug-likeness (QED) is 0.0421. The van der Waals surface area contributed by atoms with Crippen molar-refractivity contribution in [3.63, 3.8) is 0 Å². The molecule has 2 unspecified atom stereocenters. The summed E-state index contributed by atoms with van der Waals surface area (Å²) in [5.74, 6) is -0.0722. The molecule has 0 bridgehead atoms. The van der Waals surface area contributed by atoms with Crippen LogP contribution in [0.1, 0.15) is 316 Å². The molecule has 2 atom stereocenters. The van der Waals surface area contributed by atoms with Gasteiger partial charge in [-0.15, -0.1) is 0 Å².